The van der Waals surface area contributed by atoms with Crippen molar-refractivity contribution in [2.45, 2.75) is 24.0 Å². The number of hydrogen-bond donors (Lipinski definition) is 1. The molecule has 5 rings (SSSR count). The van der Waals surface area contributed by atoms with Crippen molar-refractivity contribution in [3.05, 3.63) is 114 Å². The number of benzene rings is 3. The minimum absolute atomic E-state index is 0.0238. The first-order valence-electron chi connectivity index (χ1n) is 13.8. The monoisotopic (exact) mass is 607 g/mol. The normalized spacial score (nSPS) is 14.0. The molecule has 0 unspecified atom stereocenters. The Labute approximate surface area is 251 Å². The molecule has 0 atom stereocenters. The van der Waals surface area contributed by atoms with Gasteiger partial charge in [-0.3, -0.25) is 4.90 Å². The van der Waals surface area contributed by atoms with Crippen LogP contribution in [0.1, 0.15) is 16.8 Å². The highest BCUT2D eigenvalue weighted by Crippen LogP contribution is 2.21. The zero-order valence-corrected chi connectivity index (χ0v) is 24.9. The van der Waals surface area contributed by atoms with Crippen LogP contribution in [0, 0.1) is 5.82 Å². The van der Waals surface area contributed by atoms with Gasteiger partial charge in [0.15, 0.2) is 5.11 Å². The lowest BCUT2D eigenvalue weighted by atomic mass is 10.2. The zero-order valence-electron chi connectivity index (χ0n) is 23.2. The molecule has 0 saturated carbocycles. The minimum Gasteiger partial charge on any atom is -0.379 e. The van der Waals surface area contributed by atoms with Gasteiger partial charge in [-0.15, -0.1) is 0 Å². The van der Waals surface area contributed by atoms with Crippen LogP contribution in [-0.2, 0) is 33.4 Å². The number of imidazole rings is 1. The van der Waals surface area contributed by atoms with Crippen LogP contribution in [0.3, 0.4) is 0 Å². The van der Waals surface area contributed by atoms with Gasteiger partial charge in [-0.2, -0.15) is 0 Å². The number of ether oxygens (including phenoxy) is 1. The summed E-state index contributed by atoms with van der Waals surface area (Å²) < 4.78 is 48.1. The summed E-state index contributed by atoms with van der Waals surface area (Å²) in [7, 11) is -3.75. The van der Waals surface area contributed by atoms with Crippen molar-refractivity contribution in [3.8, 4) is 0 Å². The highest BCUT2D eigenvalue weighted by molar-refractivity contribution is 7.90. The number of nitrogens with zero attached hydrogens (tertiary/aromatic N) is 4. The molecule has 0 spiro atoms. The highest BCUT2D eigenvalue weighted by Gasteiger charge is 2.26. The molecular weight excluding hydrogens is 574 g/mol. The number of thiocarbonyl (C=S) groups is 1. The van der Waals surface area contributed by atoms with E-state index in [1.54, 1.807) is 35.0 Å². The van der Waals surface area contributed by atoms with Crippen LogP contribution in [0.2, 0.25) is 0 Å². The fourth-order valence-electron chi connectivity index (χ4n) is 4.83. The summed E-state index contributed by atoms with van der Waals surface area (Å²) in [6, 6.07) is 24.9. The van der Waals surface area contributed by atoms with E-state index in [1.807, 2.05) is 53.4 Å². The van der Waals surface area contributed by atoms with Gasteiger partial charge in [-0.25, -0.2) is 17.8 Å². The maximum absolute atomic E-state index is 13.7. The number of hydrogen-bond acceptors (Lipinski definition) is 6. The lowest BCUT2D eigenvalue weighted by molar-refractivity contribution is 0.0357. The fraction of sp³-hybridized carbons (Fsp3) is 0.290. The molecule has 4 aromatic rings. The molecule has 1 saturated heterocycles. The molecule has 1 aromatic heterocycles. The van der Waals surface area contributed by atoms with Crippen molar-refractivity contribution in [1.82, 2.24) is 19.4 Å². The van der Waals surface area contributed by atoms with Crippen LogP contribution in [-0.4, -0.2) is 72.3 Å². The highest BCUT2D eigenvalue weighted by atomic mass is 32.2. The van der Waals surface area contributed by atoms with Gasteiger partial charge in [-0.1, -0.05) is 60.7 Å². The Morgan fingerprint density at radius 1 is 0.952 bits per heavy atom. The summed E-state index contributed by atoms with van der Waals surface area (Å²) >= 11 is 5.83. The second-order valence-corrected chi connectivity index (χ2v) is 12.4. The van der Waals surface area contributed by atoms with Crippen LogP contribution in [0.15, 0.2) is 96.3 Å². The predicted molar refractivity (Wildman–Crippen MR) is 165 cm³/mol. The van der Waals surface area contributed by atoms with Gasteiger partial charge in [0, 0.05) is 31.9 Å². The summed E-state index contributed by atoms with van der Waals surface area (Å²) in [6.07, 6.45) is 1.63. The summed E-state index contributed by atoms with van der Waals surface area (Å²) in [5.41, 5.74) is 3.04. The van der Waals surface area contributed by atoms with E-state index in [0.717, 1.165) is 30.9 Å². The molecule has 11 heteroatoms. The molecule has 0 aliphatic carbocycles. The van der Waals surface area contributed by atoms with Gasteiger partial charge in [0.2, 0.25) is 15.0 Å². The number of morpholine rings is 1. The van der Waals surface area contributed by atoms with Gasteiger partial charge in [0.25, 0.3) is 0 Å². The first-order chi connectivity index (χ1) is 20.4. The van der Waals surface area contributed by atoms with Crippen molar-refractivity contribution < 1.29 is 17.5 Å². The van der Waals surface area contributed by atoms with Crippen LogP contribution in [0.25, 0.3) is 0 Å². The van der Waals surface area contributed by atoms with E-state index in [-0.39, 0.29) is 16.7 Å². The molecule has 0 radical (unpaired) electrons. The average molecular weight is 608 g/mol. The Hall–Kier alpha value is -3.64. The molecule has 3 aromatic carbocycles. The molecule has 1 fully saturated rings. The van der Waals surface area contributed by atoms with Crippen molar-refractivity contribution in [2.24, 2.45) is 0 Å². The second kappa shape index (κ2) is 14.0. The largest absolute Gasteiger partial charge is 0.379 e. The first kappa shape index (κ1) is 29.8. The third-order valence-corrected chi connectivity index (χ3v) is 9.04. The summed E-state index contributed by atoms with van der Waals surface area (Å²) in [6.45, 7) is 5.05. The van der Waals surface area contributed by atoms with Crippen molar-refractivity contribution in [1.29, 1.82) is 0 Å². The summed E-state index contributed by atoms with van der Waals surface area (Å²) in [4.78, 5) is 8.77. The van der Waals surface area contributed by atoms with E-state index in [9.17, 15) is 12.8 Å². The standard InChI is InChI=1S/C31H34FN5O3S2/c32-27-11-13-28(14-12-27)34-30(41)36(16-15-35-17-19-40-20-18-35)23-29-21-33-31(37(29)22-25-7-3-1-4-8-25)42(38,39)24-26-9-5-2-6-10-26/h1-14,21H,15-20,22-24H2,(H,34,41). The first-order valence-corrected chi connectivity index (χ1v) is 15.9. The van der Waals surface area contributed by atoms with E-state index in [1.165, 1.54) is 12.1 Å². The average Bonchev–Trinajstić information content (AvgIpc) is 3.40. The van der Waals surface area contributed by atoms with Crippen LogP contribution in [0.5, 0.6) is 0 Å². The topological polar surface area (TPSA) is 79.7 Å². The Bertz CT molecular complexity index is 1560. The maximum Gasteiger partial charge on any atom is 0.228 e. The van der Waals surface area contributed by atoms with Gasteiger partial charge >= 0.3 is 0 Å². The maximum atomic E-state index is 13.7. The van der Waals surface area contributed by atoms with Gasteiger partial charge in [-0.05, 0) is 47.6 Å². The molecule has 0 bridgehead atoms. The third kappa shape index (κ3) is 8.01. The summed E-state index contributed by atoms with van der Waals surface area (Å²) in [5.74, 6) is -0.477. The lowest BCUT2D eigenvalue weighted by Gasteiger charge is -2.31. The number of aromatic nitrogens is 2. The van der Waals surface area contributed by atoms with E-state index in [4.69, 9.17) is 17.0 Å². The third-order valence-electron chi connectivity index (χ3n) is 7.09. The van der Waals surface area contributed by atoms with E-state index in [0.29, 0.717) is 49.2 Å². The Kier molecular flexibility index (Phi) is 9.96. The molecule has 42 heavy (non-hydrogen) atoms. The second-order valence-electron chi connectivity index (χ2n) is 10.2. The number of nitrogens with one attached hydrogen (secondary N) is 1. The van der Waals surface area contributed by atoms with E-state index >= 15 is 0 Å². The molecular formula is C31H34FN5O3S2. The Balaban J connectivity index is 1.44. The Morgan fingerprint density at radius 2 is 1.60 bits per heavy atom. The lowest BCUT2D eigenvalue weighted by Crippen LogP contribution is -2.44. The zero-order chi connectivity index (χ0) is 29.4. The van der Waals surface area contributed by atoms with Crippen LogP contribution < -0.4 is 5.32 Å². The molecule has 220 valence electrons. The smallest absolute Gasteiger partial charge is 0.228 e. The molecule has 1 N–H and O–H groups in total. The number of sulfone groups is 1. The molecule has 0 amide bonds. The van der Waals surface area contributed by atoms with E-state index in [2.05, 4.69) is 15.2 Å². The van der Waals surface area contributed by atoms with Crippen LogP contribution in [0.4, 0.5) is 10.1 Å². The van der Waals surface area contributed by atoms with Gasteiger partial charge in [0.05, 0.1) is 43.9 Å². The minimum atomic E-state index is -3.75. The molecule has 1 aliphatic heterocycles. The number of rotatable bonds is 11. The van der Waals surface area contributed by atoms with E-state index < -0.39 is 9.84 Å². The quantitative estimate of drug-likeness (QED) is 0.249. The van der Waals surface area contributed by atoms with Crippen molar-refractivity contribution >= 4 is 32.9 Å². The summed E-state index contributed by atoms with van der Waals surface area (Å²) in [5, 5.41) is 3.69. The Morgan fingerprint density at radius 3 is 2.26 bits per heavy atom. The predicted octanol–water partition coefficient (Wildman–Crippen LogP) is 4.58. The fourth-order valence-corrected chi connectivity index (χ4v) is 6.60. The van der Waals surface area contributed by atoms with Gasteiger partial charge in [0.1, 0.15) is 5.82 Å². The van der Waals surface area contributed by atoms with Gasteiger partial charge < -0.3 is 19.5 Å². The molecule has 1 aliphatic rings. The SMILES string of the molecule is O=S(=O)(Cc1ccccc1)c1ncc(CN(CCN2CCOCC2)C(=S)Nc2ccc(F)cc2)n1Cc1ccccc1. The molecule has 2 heterocycles. The molecule has 8 nitrogen and oxygen atoms in total. The van der Waals surface area contributed by atoms with Crippen molar-refractivity contribution in [3.63, 3.8) is 0 Å². The number of anilines is 1. The number of halogens is 1. The van der Waals surface area contributed by atoms with Crippen LogP contribution >= 0.6 is 12.2 Å². The van der Waals surface area contributed by atoms with Crippen molar-refractivity contribution in [2.75, 3.05) is 44.7 Å².